The van der Waals surface area contributed by atoms with Crippen LogP contribution >= 0.6 is 22.6 Å². The summed E-state index contributed by atoms with van der Waals surface area (Å²) in [5, 5.41) is 11.2. The van der Waals surface area contributed by atoms with Crippen molar-refractivity contribution in [3.8, 4) is 0 Å². The first-order valence-electron chi connectivity index (χ1n) is 5.58. The first kappa shape index (κ1) is 16.3. The monoisotopic (exact) mass is 394 g/mol. The lowest BCUT2D eigenvalue weighted by molar-refractivity contribution is -0.139. The van der Waals surface area contributed by atoms with E-state index in [2.05, 4.69) is 5.32 Å². The predicted molar refractivity (Wildman–Crippen MR) is 76.4 cm³/mol. The lowest BCUT2D eigenvalue weighted by atomic mass is 10.1. The van der Waals surface area contributed by atoms with Gasteiger partial charge in [-0.25, -0.2) is 9.18 Å². The van der Waals surface area contributed by atoms with Gasteiger partial charge >= 0.3 is 5.97 Å². The number of hydrogen-bond donors (Lipinski definition) is 3. The Labute approximate surface area is 127 Å². The first-order valence-corrected chi connectivity index (χ1v) is 6.66. The molecular weight excluding hydrogens is 382 g/mol. The quantitative estimate of drug-likeness (QED) is 0.623. The van der Waals surface area contributed by atoms with Gasteiger partial charge in [-0.2, -0.15) is 0 Å². The van der Waals surface area contributed by atoms with Crippen molar-refractivity contribution in [2.24, 2.45) is 5.73 Å². The largest absolute Gasteiger partial charge is 0.480 e. The summed E-state index contributed by atoms with van der Waals surface area (Å²) in [6.07, 6.45) is -0.258. The van der Waals surface area contributed by atoms with E-state index in [1.807, 2.05) is 0 Å². The molecule has 0 bridgehead atoms. The number of primary amides is 1. The fourth-order valence-electron chi connectivity index (χ4n) is 1.45. The molecule has 0 radical (unpaired) electrons. The number of nitrogens with two attached hydrogens (primary N) is 1. The van der Waals surface area contributed by atoms with Gasteiger partial charge in [0.05, 0.1) is 5.56 Å². The van der Waals surface area contributed by atoms with Crippen molar-refractivity contribution in [2.45, 2.75) is 18.9 Å². The van der Waals surface area contributed by atoms with E-state index in [-0.39, 0.29) is 18.4 Å². The van der Waals surface area contributed by atoms with Gasteiger partial charge in [-0.1, -0.05) is 0 Å². The van der Waals surface area contributed by atoms with Gasteiger partial charge in [-0.05, 0) is 47.2 Å². The number of halogens is 2. The van der Waals surface area contributed by atoms with Crippen molar-refractivity contribution in [1.82, 2.24) is 5.32 Å². The van der Waals surface area contributed by atoms with Crippen LogP contribution in [0.15, 0.2) is 18.2 Å². The second-order valence-electron chi connectivity index (χ2n) is 3.99. The van der Waals surface area contributed by atoms with Crippen molar-refractivity contribution >= 4 is 40.4 Å². The van der Waals surface area contributed by atoms with Gasteiger partial charge in [-0.3, -0.25) is 9.59 Å². The Kier molecular flexibility index (Phi) is 5.86. The maximum atomic E-state index is 12.9. The smallest absolute Gasteiger partial charge is 0.326 e. The van der Waals surface area contributed by atoms with E-state index in [1.165, 1.54) is 6.07 Å². The van der Waals surface area contributed by atoms with Gasteiger partial charge < -0.3 is 16.2 Å². The van der Waals surface area contributed by atoms with E-state index in [9.17, 15) is 18.8 Å². The molecule has 0 saturated carbocycles. The molecule has 0 aliphatic rings. The molecule has 0 heterocycles. The summed E-state index contributed by atoms with van der Waals surface area (Å²) in [5.41, 5.74) is 5.10. The number of aliphatic carboxylic acids is 1. The second-order valence-corrected chi connectivity index (χ2v) is 5.16. The zero-order valence-electron chi connectivity index (χ0n) is 10.2. The van der Waals surface area contributed by atoms with Crippen LogP contribution in [0.1, 0.15) is 23.2 Å². The number of carboxylic acid groups (broad SMARTS) is 1. The van der Waals surface area contributed by atoms with Gasteiger partial charge in [-0.15, -0.1) is 0 Å². The van der Waals surface area contributed by atoms with Crippen molar-refractivity contribution < 1.29 is 23.9 Å². The molecule has 0 saturated heterocycles. The lowest BCUT2D eigenvalue weighted by Gasteiger charge is -2.14. The average Bonchev–Trinajstić information content (AvgIpc) is 2.33. The minimum Gasteiger partial charge on any atom is -0.480 e. The molecule has 8 heteroatoms. The number of carboxylic acids is 1. The summed E-state index contributed by atoms with van der Waals surface area (Å²) in [4.78, 5) is 33.6. The summed E-state index contributed by atoms with van der Waals surface area (Å²) in [6, 6.07) is 2.31. The molecule has 4 N–H and O–H groups in total. The molecule has 0 aliphatic heterocycles. The van der Waals surface area contributed by atoms with Crippen molar-refractivity contribution in [3.63, 3.8) is 0 Å². The predicted octanol–water partition coefficient (Wildman–Crippen LogP) is 0.879. The van der Waals surface area contributed by atoms with Crippen molar-refractivity contribution in [3.05, 3.63) is 33.1 Å². The van der Waals surface area contributed by atoms with Crippen LogP contribution in [0.4, 0.5) is 4.39 Å². The molecule has 0 aromatic heterocycles. The van der Waals surface area contributed by atoms with Crippen LogP contribution in [0.2, 0.25) is 0 Å². The fourth-order valence-corrected chi connectivity index (χ4v) is 2.18. The van der Waals surface area contributed by atoms with Crippen LogP contribution in [0.3, 0.4) is 0 Å². The number of amides is 2. The molecule has 1 aromatic carbocycles. The first-order chi connectivity index (χ1) is 9.31. The standard InChI is InChI=1S/C12H12FIN2O4/c13-6-1-2-7(8(14)5-6)11(18)16-9(12(19)20)3-4-10(15)17/h1-2,5,9H,3-4H2,(H2,15,17)(H,16,18)(H,19,20)/t9-/m1/s1. The molecule has 108 valence electrons. The molecule has 20 heavy (non-hydrogen) atoms. The molecular formula is C12H12FIN2O4. The van der Waals surface area contributed by atoms with Gasteiger partial charge in [0.2, 0.25) is 5.91 Å². The van der Waals surface area contributed by atoms with Crippen molar-refractivity contribution in [1.29, 1.82) is 0 Å². The molecule has 1 rings (SSSR count). The molecule has 0 unspecified atom stereocenters. The molecule has 0 aliphatic carbocycles. The van der Waals surface area contributed by atoms with Crippen LogP contribution in [-0.2, 0) is 9.59 Å². The zero-order chi connectivity index (χ0) is 15.3. The normalized spacial score (nSPS) is 11.7. The van der Waals surface area contributed by atoms with Gasteiger partial charge in [0, 0.05) is 9.99 Å². The number of rotatable bonds is 6. The third-order valence-corrected chi connectivity index (χ3v) is 3.35. The van der Waals surface area contributed by atoms with Gasteiger partial charge in [0.25, 0.3) is 5.91 Å². The average molecular weight is 394 g/mol. The lowest BCUT2D eigenvalue weighted by Crippen LogP contribution is -2.41. The van der Waals surface area contributed by atoms with E-state index < -0.39 is 29.6 Å². The van der Waals surface area contributed by atoms with E-state index in [4.69, 9.17) is 10.8 Å². The summed E-state index contributed by atoms with van der Waals surface area (Å²) >= 11 is 1.77. The van der Waals surface area contributed by atoms with E-state index in [0.717, 1.165) is 12.1 Å². The zero-order valence-corrected chi connectivity index (χ0v) is 12.4. The molecule has 6 nitrogen and oxygen atoms in total. The van der Waals surface area contributed by atoms with Crippen LogP contribution < -0.4 is 11.1 Å². The Hall–Kier alpha value is -1.71. The number of carbonyl (C=O) groups excluding carboxylic acids is 2. The van der Waals surface area contributed by atoms with Crippen LogP contribution in [0, 0.1) is 9.39 Å². The highest BCUT2D eigenvalue weighted by atomic mass is 127. The van der Waals surface area contributed by atoms with E-state index >= 15 is 0 Å². The third kappa shape index (κ3) is 4.76. The highest BCUT2D eigenvalue weighted by molar-refractivity contribution is 14.1. The number of hydrogen-bond acceptors (Lipinski definition) is 3. The van der Waals surface area contributed by atoms with Crippen LogP contribution in [-0.4, -0.2) is 28.9 Å². The Bertz CT molecular complexity index is 550. The SMILES string of the molecule is NC(=O)CC[C@@H](NC(=O)c1ccc(F)cc1I)C(=O)O. The maximum Gasteiger partial charge on any atom is 0.326 e. The van der Waals surface area contributed by atoms with Gasteiger partial charge in [0.15, 0.2) is 0 Å². The topological polar surface area (TPSA) is 109 Å². The van der Waals surface area contributed by atoms with E-state index in [0.29, 0.717) is 3.57 Å². The Morgan fingerprint density at radius 2 is 2.05 bits per heavy atom. The summed E-state index contributed by atoms with van der Waals surface area (Å²) in [6.45, 7) is 0. The highest BCUT2D eigenvalue weighted by Gasteiger charge is 2.22. The minimum absolute atomic E-state index is 0.103. The fraction of sp³-hybridized carbons (Fsp3) is 0.250. The Morgan fingerprint density at radius 1 is 1.40 bits per heavy atom. The minimum atomic E-state index is -1.27. The van der Waals surface area contributed by atoms with Crippen LogP contribution in [0.25, 0.3) is 0 Å². The molecule has 1 aromatic rings. The second kappa shape index (κ2) is 7.17. The summed E-state index contributed by atoms with van der Waals surface area (Å²) in [7, 11) is 0. The number of nitrogens with one attached hydrogen (secondary N) is 1. The summed E-state index contributed by atoms with van der Waals surface area (Å²) < 4.78 is 13.3. The number of benzene rings is 1. The highest BCUT2D eigenvalue weighted by Crippen LogP contribution is 2.14. The molecule has 1 atom stereocenters. The van der Waals surface area contributed by atoms with Crippen molar-refractivity contribution in [2.75, 3.05) is 0 Å². The molecule has 0 spiro atoms. The number of carbonyl (C=O) groups is 3. The maximum absolute atomic E-state index is 12.9. The van der Waals surface area contributed by atoms with Gasteiger partial charge in [0.1, 0.15) is 11.9 Å². The van der Waals surface area contributed by atoms with Crippen LogP contribution in [0.5, 0.6) is 0 Å². The Balaban J connectivity index is 2.80. The third-order valence-electron chi connectivity index (χ3n) is 2.46. The molecule has 2 amide bonds. The summed E-state index contributed by atoms with van der Waals surface area (Å²) in [5.74, 6) is -3.06. The molecule has 0 fully saturated rings. The van der Waals surface area contributed by atoms with E-state index in [1.54, 1.807) is 22.6 Å². The Morgan fingerprint density at radius 3 is 2.55 bits per heavy atom.